The molecule has 0 bridgehead atoms. The number of hydrogen-bond donors (Lipinski definition) is 2. The number of ether oxygens (including phenoxy) is 1. The van der Waals surface area contributed by atoms with Crippen LogP contribution in [-0.2, 0) is 9.59 Å². The van der Waals surface area contributed by atoms with Crippen molar-refractivity contribution in [1.82, 2.24) is 5.32 Å². The van der Waals surface area contributed by atoms with E-state index >= 15 is 0 Å². The molecule has 3 aromatic carbocycles. The molecule has 1 fully saturated rings. The monoisotopic (exact) mass is 503 g/mol. The van der Waals surface area contributed by atoms with Crippen molar-refractivity contribution in [2.45, 2.75) is 51.1 Å². The van der Waals surface area contributed by atoms with Gasteiger partial charge >= 0.3 is 0 Å². The van der Waals surface area contributed by atoms with Gasteiger partial charge in [-0.25, -0.2) is 4.39 Å². The summed E-state index contributed by atoms with van der Waals surface area (Å²) in [7, 11) is 1.58. The van der Waals surface area contributed by atoms with E-state index in [1.807, 2.05) is 49.4 Å². The number of carbonyl (C=O) groups is 2. The van der Waals surface area contributed by atoms with E-state index in [4.69, 9.17) is 4.74 Å². The summed E-state index contributed by atoms with van der Waals surface area (Å²) >= 11 is 0. The molecular weight excluding hydrogens is 469 g/mol. The number of methoxy groups -OCH3 is 1. The van der Waals surface area contributed by atoms with Gasteiger partial charge in [0.1, 0.15) is 17.6 Å². The van der Waals surface area contributed by atoms with Crippen LogP contribution in [-0.4, -0.2) is 31.5 Å². The maximum Gasteiger partial charge on any atom is 0.248 e. The Hall–Kier alpha value is -3.87. The number of aryl methyl sites for hydroxylation is 1. The summed E-state index contributed by atoms with van der Waals surface area (Å²) < 4.78 is 19.7. The zero-order chi connectivity index (χ0) is 26.2. The lowest BCUT2D eigenvalue weighted by Gasteiger charge is -2.34. The molecule has 1 unspecified atom stereocenters. The van der Waals surface area contributed by atoms with Crippen LogP contribution in [0.25, 0.3) is 0 Å². The van der Waals surface area contributed by atoms with Crippen LogP contribution in [0.2, 0.25) is 0 Å². The largest absolute Gasteiger partial charge is 0.497 e. The molecule has 0 radical (unpaired) electrons. The molecule has 4 rings (SSSR count). The number of amides is 2. The zero-order valence-electron chi connectivity index (χ0n) is 21.4. The first kappa shape index (κ1) is 26.2. The van der Waals surface area contributed by atoms with E-state index in [-0.39, 0.29) is 24.4 Å². The van der Waals surface area contributed by atoms with Gasteiger partial charge in [-0.05, 0) is 61.2 Å². The first-order valence-corrected chi connectivity index (χ1v) is 12.8. The number of benzene rings is 3. The van der Waals surface area contributed by atoms with Crippen molar-refractivity contribution in [2.75, 3.05) is 23.9 Å². The van der Waals surface area contributed by atoms with Gasteiger partial charge in [0.25, 0.3) is 0 Å². The summed E-state index contributed by atoms with van der Waals surface area (Å²) in [6.45, 7) is 1.82. The Morgan fingerprint density at radius 1 is 1.00 bits per heavy atom. The van der Waals surface area contributed by atoms with Crippen molar-refractivity contribution in [1.29, 1.82) is 0 Å². The van der Waals surface area contributed by atoms with Crippen molar-refractivity contribution in [3.8, 4) is 5.75 Å². The summed E-state index contributed by atoms with van der Waals surface area (Å²) in [5.74, 6) is -0.447. The number of nitrogens with one attached hydrogen (secondary N) is 2. The number of anilines is 2. The molecule has 37 heavy (non-hydrogen) atoms. The minimum atomic E-state index is -0.954. The van der Waals surface area contributed by atoms with Crippen molar-refractivity contribution in [2.24, 2.45) is 0 Å². The predicted molar refractivity (Wildman–Crippen MR) is 144 cm³/mol. The molecule has 7 heteroatoms. The second-order valence-electron chi connectivity index (χ2n) is 9.43. The van der Waals surface area contributed by atoms with Crippen LogP contribution in [0.5, 0.6) is 5.75 Å². The molecule has 0 saturated heterocycles. The molecule has 1 saturated carbocycles. The molecule has 1 atom stereocenters. The molecule has 2 amide bonds. The van der Waals surface area contributed by atoms with E-state index in [0.29, 0.717) is 22.7 Å². The Morgan fingerprint density at radius 3 is 2.49 bits per heavy atom. The fraction of sp³-hybridized carbons (Fsp3) is 0.333. The number of nitrogens with zero attached hydrogens (tertiary/aromatic N) is 1. The molecule has 194 valence electrons. The predicted octanol–water partition coefficient (Wildman–Crippen LogP) is 5.78. The SMILES string of the molecule is COc1cccc(NCC(=O)N(c2cccc(F)c2)C(C(=O)NC2CCCCC2)c2ccccc2C)c1. The molecular formula is C30H34FN3O3. The lowest BCUT2D eigenvalue weighted by atomic mass is 9.93. The lowest BCUT2D eigenvalue weighted by molar-refractivity contribution is -0.126. The van der Waals surface area contributed by atoms with Crippen LogP contribution < -0.4 is 20.3 Å². The van der Waals surface area contributed by atoms with Crippen molar-refractivity contribution >= 4 is 23.2 Å². The molecule has 0 aromatic heterocycles. The maximum absolute atomic E-state index is 14.4. The second kappa shape index (κ2) is 12.4. The van der Waals surface area contributed by atoms with Gasteiger partial charge < -0.3 is 15.4 Å². The van der Waals surface area contributed by atoms with Crippen LogP contribution in [0.4, 0.5) is 15.8 Å². The summed E-state index contributed by atoms with van der Waals surface area (Å²) in [6.07, 6.45) is 5.13. The van der Waals surface area contributed by atoms with Crippen LogP contribution in [0, 0.1) is 12.7 Å². The molecule has 0 aliphatic heterocycles. The summed E-state index contributed by atoms with van der Waals surface area (Å²) in [4.78, 5) is 29.1. The van der Waals surface area contributed by atoms with Crippen molar-refractivity contribution in [3.05, 3.63) is 89.7 Å². The quantitative estimate of drug-likeness (QED) is 0.389. The third kappa shape index (κ3) is 6.67. The minimum Gasteiger partial charge on any atom is -0.497 e. The first-order valence-electron chi connectivity index (χ1n) is 12.8. The maximum atomic E-state index is 14.4. The van der Waals surface area contributed by atoms with Crippen LogP contribution in [0.15, 0.2) is 72.8 Å². The Labute approximate surface area is 217 Å². The summed E-state index contributed by atoms with van der Waals surface area (Å²) in [5.41, 5.74) is 2.60. The molecule has 2 N–H and O–H groups in total. The summed E-state index contributed by atoms with van der Waals surface area (Å²) in [6, 6.07) is 19.7. The van der Waals surface area contributed by atoms with Gasteiger partial charge in [0.2, 0.25) is 11.8 Å². The van der Waals surface area contributed by atoms with Gasteiger partial charge in [0.05, 0.1) is 13.7 Å². The third-order valence-corrected chi connectivity index (χ3v) is 6.81. The van der Waals surface area contributed by atoms with Crippen LogP contribution in [0.3, 0.4) is 0 Å². The smallest absolute Gasteiger partial charge is 0.248 e. The van der Waals surface area contributed by atoms with Gasteiger partial charge in [0, 0.05) is 23.5 Å². The molecule has 6 nitrogen and oxygen atoms in total. The molecule has 0 heterocycles. The topological polar surface area (TPSA) is 70.7 Å². The highest BCUT2D eigenvalue weighted by Crippen LogP contribution is 2.31. The highest BCUT2D eigenvalue weighted by atomic mass is 19.1. The van der Waals surface area contributed by atoms with Gasteiger partial charge in [0.15, 0.2) is 0 Å². The van der Waals surface area contributed by atoms with Crippen LogP contribution >= 0.6 is 0 Å². The lowest BCUT2D eigenvalue weighted by Crippen LogP contribution is -2.48. The fourth-order valence-electron chi connectivity index (χ4n) is 4.88. The summed E-state index contributed by atoms with van der Waals surface area (Å²) in [5, 5.41) is 6.32. The highest BCUT2D eigenvalue weighted by Gasteiger charge is 2.35. The second-order valence-corrected chi connectivity index (χ2v) is 9.43. The minimum absolute atomic E-state index is 0.0622. The Bertz CT molecular complexity index is 1230. The molecule has 1 aliphatic carbocycles. The number of carbonyl (C=O) groups excluding carboxylic acids is 2. The van der Waals surface area contributed by atoms with E-state index in [0.717, 1.165) is 37.7 Å². The standard InChI is InChI=1S/C30H34FN3O3/c1-21-10-6-7-17-27(21)29(30(36)33-23-12-4-3-5-13-23)34(25-15-8-11-22(31)18-25)28(35)20-32-24-14-9-16-26(19-24)37-2/h6-11,14-19,23,29,32H,3-5,12-13,20H2,1-2H3,(H,33,36). The van der Waals surface area contributed by atoms with Gasteiger partial charge in [-0.1, -0.05) is 55.7 Å². The number of halogens is 1. The fourth-order valence-corrected chi connectivity index (χ4v) is 4.88. The molecule has 3 aromatic rings. The average molecular weight is 504 g/mol. The normalized spacial score (nSPS) is 14.5. The number of hydrogen-bond acceptors (Lipinski definition) is 4. The zero-order valence-corrected chi connectivity index (χ0v) is 21.4. The van der Waals surface area contributed by atoms with E-state index in [9.17, 15) is 14.0 Å². The van der Waals surface area contributed by atoms with E-state index in [1.165, 1.54) is 17.0 Å². The van der Waals surface area contributed by atoms with Crippen molar-refractivity contribution < 1.29 is 18.7 Å². The van der Waals surface area contributed by atoms with Crippen molar-refractivity contribution in [3.63, 3.8) is 0 Å². The number of rotatable bonds is 9. The Kier molecular flexibility index (Phi) is 8.77. The molecule has 1 aliphatic rings. The van der Waals surface area contributed by atoms with E-state index < -0.39 is 11.9 Å². The van der Waals surface area contributed by atoms with E-state index in [1.54, 1.807) is 25.3 Å². The van der Waals surface area contributed by atoms with Gasteiger partial charge in [-0.3, -0.25) is 14.5 Å². The molecule has 0 spiro atoms. The first-order chi connectivity index (χ1) is 18.0. The van der Waals surface area contributed by atoms with E-state index in [2.05, 4.69) is 10.6 Å². The average Bonchev–Trinajstić information content (AvgIpc) is 2.91. The highest BCUT2D eigenvalue weighted by molar-refractivity contribution is 6.03. The Morgan fingerprint density at radius 2 is 1.76 bits per heavy atom. The Balaban J connectivity index is 1.70. The van der Waals surface area contributed by atoms with Gasteiger partial charge in [-0.2, -0.15) is 0 Å². The van der Waals surface area contributed by atoms with Gasteiger partial charge in [-0.15, -0.1) is 0 Å². The third-order valence-electron chi connectivity index (χ3n) is 6.81. The van der Waals surface area contributed by atoms with Crippen LogP contribution in [0.1, 0.15) is 49.3 Å².